The fourth-order valence-corrected chi connectivity index (χ4v) is 4.97. The first-order valence-electron chi connectivity index (χ1n) is 8.36. The van der Waals surface area contributed by atoms with Crippen LogP contribution in [0.4, 0.5) is 0 Å². The summed E-state index contributed by atoms with van der Waals surface area (Å²) in [5.74, 6) is 0.490. The monoisotopic (exact) mass is 365 g/mol. The molecule has 1 aliphatic heterocycles. The average Bonchev–Trinajstić information content (AvgIpc) is 2.76. The fraction of sp³-hybridized carbons (Fsp3) is 0.588. The summed E-state index contributed by atoms with van der Waals surface area (Å²) in [6.45, 7) is 5.69. The molecule has 5 nitrogen and oxygen atoms in total. The molecule has 1 saturated heterocycles. The number of carbonyl (C=O) groups excluding carboxylic acids is 1. The van der Waals surface area contributed by atoms with Gasteiger partial charge < -0.3 is 4.90 Å². The minimum Gasteiger partial charge on any atom is -0.342 e. The van der Waals surface area contributed by atoms with Gasteiger partial charge in [0, 0.05) is 25.0 Å². The van der Waals surface area contributed by atoms with Crippen LogP contribution in [-0.4, -0.2) is 39.2 Å². The minimum atomic E-state index is -0.0217. The van der Waals surface area contributed by atoms with Crippen LogP contribution in [0.2, 0.25) is 0 Å². The van der Waals surface area contributed by atoms with Crippen LogP contribution >= 0.6 is 23.1 Å². The zero-order valence-electron chi connectivity index (χ0n) is 14.4. The van der Waals surface area contributed by atoms with Gasteiger partial charge in [-0.1, -0.05) is 24.6 Å². The Labute approximate surface area is 150 Å². The summed E-state index contributed by atoms with van der Waals surface area (Å²) < 4.78 is 1.57. The van der Waals surface area contributed by atoms with Gasteiger partial charge in [-0.25, -0.2) is 4.98 Å². The van der Waals surface area contributed by atoms with Crippen molar-refractivity contribution in [1.82, 2.24) is 14.5 Å². The van der Waals surface area contributed by atoms with E-state index in [0.29, 0.717) is 16.3 Å². The van der Waals surface area contributed by atoms with Gasteiger partial charge in [0.15, 0.2) is 5.16 Å². The predicted molar refractivity (Wildman–Crippen MR) is 100 cm³/mol. The van der Waals surface area contributed by atoms with Gasteiger partial charge in [-0.05, 0) is 32.3 Å². The molecule has 24 heavy (non-hydrogen) atoms. The maximum atomic E-state index is 12.6. The van der Waals surface area contributed by atoms with Crippen LogP contribution in [-0.2, 0) is 11.8 Å². The number of amides is 1. The summed E-state index contributed by atoms with van der Waals surface area (Å²) in [5, 5.41) is 1.33. The van der Waals surface area contributed by atoms with Crippen molar-refractivity contribution in [2.75, 3.05) is 18.8 Å². The van der Waals surface area contributed by atoms with Gasteiger partial charge in [0.2, 0.25) is 5.91 Å². The van der Waals surface area contributed by atoms with Gasteiger partial charge in [-0.3, -0.25) is 14.2 Å². The topological polar surface area (TPSA) is 55.2 Å². The van der Waals surface area contributed by atoms with Crippen molar-refractivity contribution in [1.29, 1.82) is 0 Å². The highest BCUT2D eigenvalue weighted by Crippen LogP contribution is 2.28. The van der Waals surface area contributed by atoms with Gasteiger partial charge >= 0.3 is 0 Å². The Bertz CT molecular complexity index is 817. The zero-order chi connectivity index (χ0) is 17.3. The second-order valence-electron chi connectivity index (χ2n) is 6.31. The molecular formula is C17H23N3O2S2. The SMILES string of the molecule is Cc1sc2nc(SCC(=O)N3CCCCCC3)n(C)c(=O)c2c1C. The van der Waals surface area contributed by atoms with Crippen LogP contribution in [0.25, 0.3) is 10.2 Å². The molecule has 1 fully saturated rings. The third kappa shape index (κ3) is 3.37. The Kier molecular flexibility index (Phi) is 5.30. The van der Waals surface area contributed by atoms with E-state index < -0.39 is 0 Å². The molecule has 2 aromatic rings. The summed E-state index contributed by atoms with van der Waals surface area (Å²) >= 11 is 2.91. The number of aryl methyl sites for hydroxylation is 2. The van der Waals surface area contributed by atoms with Crippen molar-refractivity contribution in [3.63, 3.8) is 0 Å². The number of thioether (sulfide) groups is 1. The highest BCUT2D eigenvalue weighted by Gasteiger charge is 2.18. The Morgan fingerprint density at radius 2 is 1.88 bits per heavy atom. The number of carbonyl (C=O) groups is 1. The maximum absolute atomic E-state index is 12.6. The molecule has 0 bridgehead atoms. The first kappa shape index (κ1) is 17.5. The van der Waals surface area contributed by atoms with E-state index in [1.807, 2.05) is 18.7 Å². The maximum Gasteiger partial charge on any atom is 0.262 e. The summed E-state index contributed by atoms with van der Waals surface area (Å²) in [5.41, 5.74) is 0.992. The van der Waals surface area contributed by atoms with E-state index in [4.69, 9.17) is 0 Å². The molecule has 0 radical (unpaired) electrons. The Morgan fingerprint density at radius 1 is 1.21 bits per heavy atom. The molecule has 0 aromatic carbocycles. The van der Waals surface area contributed by atoms with Crippen molar-refractivity contribution >= 4 is 39.2 Å². The minimum absolute atomic E-state index is 0.0217. The Balaban J connectivity index is 1.79. The highest BCUT2D eigenvalue weighted by atomic mass is 32.2. The van der Waals surface area contributed by atoms with Crippen molar-refractivity contribution in [3.8, 4) is 0 Å². The summed E-state index contributed by atoms with van der Waals surface area (Å²) in [4.78, 5) is 33.5. The number of rotatable bonds is 3. The Morgan fingerprint density at radius 3 is 2.54 bits per heavy atom. The van der Waals surface area contributed by atoms with Crippen molar-refractivity contribution in [2.45, 2.75) is 44.7 Å². The third-order valence-electron chi connectivity index (χ3n) is 4.65. The highest BCUT2D eigenvalue weighted by molar-refractivity contribution is 7.99. The van der Waals surface area contributed by atoms with E-state index in [2.05, 4.69) is 4.98 Å². The van der Waals surface area contributed by atoms with Crippen molar-refractivity contribution < 1.29 is 4.79 Å². The molecule has 0 spiro atoms. The molecule has 0 saturated carbocycles. The van der Waals surface area contributed by atoms with Crippen molar-refractivity contribution in [2.24, 2.45) is 7.05 Å². The lowest BCUT2D eigenvalue weighted by molar-refractivity contribution is -0.128. The summed E-state index contributed by atoms with van der Waals surface area (Å²) in [6.07, 6.45) is 4.60. The third-order valence-corrected chi connectivity index (χ3v) is 6.77. The van der Waals surface area contributed by atoms with E-state index in [1.54, 1.807) is 23.0 Å². The number of aromatic nitrogens is 2. The summed E-state index contributed by atoms with van der Waals surface area (Å²) in [6, 6.07) is 0. The van der Waals surface area contributed by atoms with Crippen molar-refractivity contribution in [3.05, 3.63) is 20.8 Å². The quantitative estimate of drug-likeness (QED) is 0.619. The largest absolute Gasteiger partial charge is 0.342 e. The molecule has 7 heteroatoms. The standard InChI is InChI=1S/C17H23N3O2S2/c1-11-12(2)24-15-14(11)16(22)19(3)17(18-15)23-10-13(21)20-8-6-4-5-7-9-20/h4-10H2,1-3H3. The van der Waals surface area contributed by atoms with Gasteiger partial charge in [-0.2, -0.15) is 0 Å². The van der Waals surface area contributed by atoms with Gasteiger partial charge in [0.05, 0.1) is 11.1 Å². The number of likely N-dealkylation sites (tertiary alicyclic amines) is 1. The molecule has 0 atom stereocenters. The molecule has 130 valence electrons. The smallest absolute Gasteiger partial charge is 0.262 e. The van der Waals surface area contributed by atoms with E-state index in [1.165, 1.54) is 24.6 Å². The number of hydrogen-bond acceptors (Lipinski definition) is 5. The Hall–Kier alpha value is -1.34. The van der Waals surface area contributed by atoms with Crippen LogP contribution in [0.15, 0.2) is 9.95 Å². The number of fused-ring (bicyclic) bond motifs is 1. The van der Waals surface area contributed by atoms with Gasteiger partial charge in [0.1, 0.15) is 4.83 Å². The van der Waals surface area contributed by atoms with E-state index >= 15 is 0 Å². The molecule has 1 aliphatic rings. The van der Waals surface area contributed by atoms with Gasteiger partial charge in [-0.15, -0.1) is 11.3 Å². The molecular weight excluding hydrogens is 342 g/mol. The molecule has 0 unspecified atom stereocenters. The molecule has 1 amide bonds. The van der Waals surface area contributed by atoms with Crippen LogP contribution in [0.1, 0.15) is 36.1 Å². The lowest BCUT2D eigenvalue weighted by Crippen LogP contribution is -2.33. The van der Waals surface area contributed by atoms with Crippen LogP contribution < -0.4 is 5.56 Å². The molecule has 3 rings (SSSR count). The lowest BCUT2D eigenvalue weighted by Gasteiger charge is -2.20. The predicted octanol–water partition coefficient (Wildman–Crippen LogP) is 3.11. The van der Waals surface area contributed by atoms with Gasteiger partial charge in [0.25, 0.3) is 5.56 Å². The second kappa shape index (κ2) is 7.27. The molecule has 0 N–H and O–H groups in total. The van der Waals surface area contributed by atoms with Crippen LogP contribution in [0, 0.1) is 13.8 Å². The number of thiophene rings is 1. The first-order valence-corrected chi connectivity index (χ1v) is 10.2. The molecule has 2 aromatic heterocycles. The normalized spacial score (nSPS) is 15.7. The number of hydrogen-bond donors (Lipinski definition) is 0. The van der Waals surface area contributed by atoms with Crippen LogP contribution in [0.3, 0.4) is 0 Å². The second-order valence-corrected chi connectivity index (χ2v) is 8.45. The fourth-order valence-electron chi connectivity index (χ4n) is 3.02. The van der Waals surface area contributed by atoms with E-state index in [9.17, 15) is 9.59 Å². The zero-order valence-corrected chi connectivity index (χ0v) is 16.1. The van der Waals surface area contributed by atoms with E-state index in [0.717, 1.165) is 41.2 Å². The van der Waals surface area contributed by atoms with Crippen LogP contribution in [0.5, 0.6) is 0 Å². The first-order chi connectivity index (χ1) is 11.5. The number of nitrogens with zero attached hydrogens (tertiary/aromatic N) is 3. The molecule has 3 heterocycles. The average molecular weight is 366 g/mol. The van der Waals surface area contributed by atoms with E-state index in [-0.39, 0.29) is 11.5 Å². The lowest BCUT2D eigenvalue weighted by atomic mass is 10.2. The molecule has 0 aliphatic carbocycles. The summed E-state index contributed by atoms with van der Waals surface area (Å²) in [7, 11) is 1.74.